The average Bonchev–Trinajstić information content (AvgIpc) is 3.00. The van der Waals surface area contributed by atoms with Crippen LogP contribution in [0.5, 0.6) is 5.75 Å². The quantitative estimate of drug-likeness (QED) is 0.809. The van der Waals surface area contributed by atoms with Gasteiger partial charge in [-0.25, -0.2) is 0 Å². The summed E-state index contributed by atoms with van der Waals surface area (Å²) >= 11 is 0. The van der Waals surface area contributed by atoms with Gasteiger partial charge in [0.1, 0.15) is 17.6 Å². The molecular weight excluding hydrogens is 258 g/mol. The number of amides is 1. The summed E-state index contributed by atoms with van der Waals surface area (Å²) in [6, 6.07) is 12.5. The predicted molar refractivity (Wildman–Crippen MR) is 73.2 cm³/mol. The lowest BCUT2D eigenvalue weighted by Gasteiger charge is -2.09. The second kappa shape index (κ2) is 7.35. The molecule has 5 heteroatoms. The SMILES string of the molecule is O=C(COc1ccccc1)NCCC(O)c1ccco1. The Morgan fingerprint density at radius 3 is 2.75 bits per heavy atom. The number of para-hydroxylation sites is 1. The number of hydrogen-bond acceptors (Lipinski definition) is 4. The molecule has 0 aliphatic rings. The molecule has 0 spiro atoms. The monoisotopic (exact) mass is 275 g/mol. The van der Waals surface area contributed by atoms with Crippen LogP contribution in [0.4, 0.5) is 0 Å². The highest BCUT2D eigenvalue weighted by atomic mass is 16.5. The lowest BCUT2D eigenvalue weighted by atomic mass is 10.2. The minimum Gasteiger partial charge on any atom is -0.484 e. The molecule has 5 nitrogen and oxygen atoms in total. The summed E-state index contributed by atoms with van der Waals surface area (Å²) in [7, 11) is 0. The van der Waals surface area contributed by atoms with Crippen molar-refractivity contribution in [1.29, 1.82) is 0 Å². The minimum absolute atomic E-state index is 0.0408. The van der Waals surface area contributed by atoms with Crippen LogP contribution < -0.4 is 10.1 Å². The number of furan rings is 1. The molecule has 1 aromatic heterocycles. The summed E-state index contributed by atoms with van der Waals surface area (Å²) in [4.78, 5) is 11.5. The van der Waals surface area contributed by atoms with E-state index in [1.807, 2.05) is 18.2 Å². The molecule has 0 saturated carbocycles. The van der Waals surface area contributed by atoms with E-state index in [0.717, 1.165) is 0 Å². The molecule has 0 fully saturated rings. The molecule has 1 atom stereocenters. The van der Waals surface area contributed by atoms with Gasteiger partial charge in [0.15, 0.2) is 6.61 Å². The number of carbonyl (C=O) groups is 1. The molecule has 1 heterocycles. The van der Waals surface area contributed by atoms with E-state index in [1.165, 1.54) is 6.26 Å². The average molecular weight is 275 g/mol. The normalized spacial score (nSPS) is 11.8. The van der Waals surface area contributed by atoms with Gasteiger partial charge in [-0.05, 0) is 30.7 Å². The molecule has 1 amide bonds. The Bertz CT molecular complexity index is 510. The highest BCUT2D eigenvalue weighted by molar-refractivity contribution is 5.77. The zero-order valence-electron chi connectivity index (χ0n) is 11.0. The Morgan fingerprint density at radius 1 is 1.25 bits per heavy atom. The summed E-state index contributed by atoms with van der Waals surface area (Å²) in [5.74, 6) is 0.929. The zero-order chi connectivity index (χ0) is 14.2. The van der Waals surface area contributed by atoms with Gasteiger partial charge in [-0.15, -0.1) is 0 Å². The van der Waals surface area contributed by atoms with Crippen LogP contribution in [0, 0.1) is 0 Å². The highest BCUT2D eigenvalue weighted by Gasteiger charge is 2.10. The van der Waals surface area contributed by atoms with Crippen molar-refractivity contribution in [1.82, 2.24) is 5.32 Å². The van der Waals surface area contributed by atoms with Crippen molar-refractivity contribution in [3.05, 3.63) is 54.5 Å². The maximum Gasteiger partial charge on any atom is 0.257 e. The van der Waals surface area contributed by atoms with Crippen LogP contribution in [-0.4, -0.2) is 24.2 Å². The molecule has 1 unspecified atom stereocenters. The topological polar surface area (TPSA) is 71.7 Å². The third-order valence-electron chi connectivity index (χ3n) is 2.72. The van der Waals surface area contributed by atoms with Crippen molar-refractivity contribution in [2.45, 2.75) is 12.5 Å². The maximum atomic E-state index is 11.5. The fraction of sp³-hybridized carbons (Fsp3) is 0.267. The lowest BCUT2D eigenvalue weighted by Crippen LogP contribution is -2.30. The van der Waals surface area contributed by atoms with Gasteiger partial charge in [0.05, 0.1) is 6.26 Å². The van der Waals surface area contributed by atoms with E-state index in [1.54, 1.807) is 24.3 Å². The Kier molecular flexibility index (Phi) is 5.20. The number of benzene rings is 1. The van der Waals surface area contributed by atoms with E-state index in [4.69, 9.17) is 9.15 Å². The molecule has 0 radical (unpaired) electrons. The number of rotatable bonds is 7. The summed E-state index contributed by atoms with van der Waals surface area (Å²) in [6.07, 6.45) is 1.19. The van der Waals surface area contributed by atoms with Crippen LogP contribution in [-0.2, 0) is 4.79 Å². The van der Waals surface area contributed by atoms with E-state index in [2.05, 4.69) is 5.32 Å². The van der Waals surface area contributed by atoms with Crippen molar-refractivity contribution >= 4 is 5.91 Å². The van der Waals surface area contributed by atoms with Gasteiger partial charge >= 0.3 is 0 Å². The molecule has 0 aliphatic heterocycles. The van der Waals surface area contributed by atoms with Crippen LogP contribution in [0.2, 0.25) is 0 Å². The molecule has 0 saturated heterocycles. The smallest absolute Gasteiger partial charge is 0.257 e. The van der Waals surface area contributed by atoms with Crippen molar-refractivity contribution in [2.24, 2.45) is 0 Å². The first-order chi connectivity index (χ1) is 9.75. The Morgan fingerprint density at radius 2 is 2.05 bits per heavy atom. The first-order valence-electron chi connectivity index (χ1n) is 6.42. The molecule has 2 rings (SSSR count). The summed E-state index contributed by atoms with van der Waals surface area (Å²) in [5.41, 5.74) is 0. The van der Waals surface area contributed by atoms with Crippen LogP contribution in [0.1, 0.15) is 18.3 Å². The Balaban J connectivity index is 1.63. The maximum absolute atomic E-state index is 11.5. The van der Waals surface area contributed by atoms with Gasteiger partial charge < -0.3 is 19.6 Å². The molecule has 0 bridgehead atoms. The van der Waals surface area contributed by atoms with E-state index < -0.39 is 6.10 Å². The first-order valence-corrected chi connectivity index (χ1v) is 6.42. The summed E-state index contributed by atoms with van der Waals surface area (Å²) < 4.78 is 10.4. The predicted octanol–water partition coefficient (Wildman–Crippen LogP) is 1.90. The Hall–Kier alpha value is -2.27. The van der Waals surface area contributed by atoms with Crippen LogP contribution in [0.25, 0.3) is 0 Å². The molecule has 106 valence electrons. The van der Waals surface area contributed by atoms with Gasteiger partial charge in [0.2, 0.25) is 0 Å². The van der Waals surface area contributed by atoms with E-state index in [0.29, 0.717) is 24.5 Å². The second-order valence-electron chi connectivity index (χ2n) is 4.27. The van der Waals surface area contributed by atoms with E-state index in [-0.39, 0.29) is 12.5 Å². The van der Waals surface area contributed by atoms with E-state index >= 15 is 0 Å². The number of ether oxygens (including phenoxy) is 1. The van der Waals surface area contributed by atoms with Crippen LogP contribution in [0.3, 0.4) is 0 Å². The van der Waals surface area contributed by atoms with Gasteiger partial charge in [-0.1, -0.05) is 18.2 Å². The molecular formula is C15H17NO4. The number of hydrogen-bond donors (Lipinski definition) is 2. The van der Waals surface area contributed by atoms with Gasteiger partial charge in [0.25, 0.3) is 5.91 Å². The van der Waals surface area contributed by atoms with Gasteiger partial charge in [-0.3, -0.25) is 4.79 Å². The standard InChI is InChI=1S/C15H17NO4/c17-13(14-7-4-10-19-14)8-9-16-15(18)11-20-12-5-2-1-3-6-12/h1-7,10,13,17H,8-9,11H2,(H,16,18). The summed E-state index contributed by atoms with van der Waals surface area (Å²) in [5, 5.41) is 12.4. The second-order valence-corrected chi connectivity index (χ2v) is 4.27. The highest BCUT2D eigenvalue weighted by Crippen LogP contribution is 2.15. The van der Waals surface area contributed by atoms with Crippen molar-refractivity contribution in [3.63, 3.8) is 0 Å². The Labute approximate surface area is 117 Å². The summed E-state index contributed by atoms with van der Waals surface area (Å²) in [6.45, 7) is 0.319. The number of nitrogens with one attached hydrogen (secondary N) is 1. The fourth-order valence-corrected chi connectivity index (χ4v) is 1.69. The molecule has 1 aromatic carbocycles. The molecule has 2 N–H and O–H groups in total. The van der Waals surface area contributed by atoms with Gasteiger partial charge in [0, 0.05) is 6.54 Å². The minimum atomic E-state index is -0.708. The zero-order valence-corrected chi connectivity index (χ0v) is 11.0. The van der Waals surface area contributed by atoms with Crippen molar-refractivity contribution < 1.29 is 19.1 Å². The number of aliphatic hydroxyl groups is 1. The van der Waals surface area contributed by atoms with Crippen molar-refractivity contribution in [3.8, 4) is 5.75 Å². The lowest BCUT2D eigenvalue weighted by molar-refractivity contribution is -0.123. The van der Waals surface area contributed by atoms with E-state index in [9.17, 15) is 9.90 Å². The number of carbonyl (C=O) groups excluding carboxylic acids is 1. The third kappa shape index (κ3) is 4.44. The third-order valence-corrected chi connectivity index (χ3v) is 2.72. The molecule has 2 aromatic rings. The fourth-order valence-electron chi connectivity index (χ4n) is 1.69. The largest absolute Gasteiger partial charge is 0.484 e. The molecule has 20 heavy (non-hydrogen) atoms. The van der Waals surface area contributed by atoms with Gasteiger partial charge in [-0.2, -0.15) is 0 Å². The first kappa shape index (κ1) is 14.1. The number of aliphatic hydroxyl groups excluding tert-OH is 1. The van der Waals surface area contributed by atoms with Crippen LogP contribution in [0.15, 0.2) is 53.1 Å². The van der Waals surface area contributed by atoms with Crippen molar-refractivity contribution in [2.75, 3.05) is 13.2 Å². The molecule has 0 aliphatic carbocycles. The van der Waals surface area contributed by atoms with Crippen LogP contribution >= 0.6 is 0 Å².